The standard InChI is InChI=1S/C24H27N7O.C24H26N6O4S.C23H23IN6O4S.C18H21N5O2.C6H8N2.2CH3.Li.H2O.Zn/c1-16-20(17-8-9-17)13-22-21(16)12-18(27-28-22)6-3-5-11-31-15-23(29-30-31)24(32)26-14-19-7-2-4-10-25-19;1-16-20-14-18(8-6-7-13-29-15-21(26-28-29)24(31)34-2)25-27-23(20)30(22(16)17-11-12-17)35(32,33)19-9-4-3-5-10-19;1-34-23(31)19-14-29(28-26-19)12-6-5-7-16-13-18-20(24)21(15-10-11-15)30(22(18)27-25-16)35(32,33)17-8-3-2-4-9-17;1-11-14(12-5-6-12)9-16-15(11)8-13(19-20-16)4-2-3-7-23-10-17(18(24)25)21-22-23;7-5-6-3-1-2-4-8-6;;;;;/h2,4,7,10,12,15,17H,3,5-6,8-9,11,13-14H2,1H3,(H,26,32);3-5,9-10,14-15,17H,6-8,11-13H2,1-2H3;2-4,8-9,13-15H,5-7,10-12H2,1H3;8,10,12H,2-7,9H2,1H3,(H,24,25);1-4H,5,7H2;2*1H3;;1H2;/q;;;;;2*-1;+1;;+2/p-1. The van der Waals surface area contributed by atoms with Crippen LogP contribution in [0.25, 0.3) is 33.2 Å². The molecule has 14 aromatic rings. The Morgan fingerprint density at radius 2 is 0.814 bits per heavy atom. The van der Waals surface area contributed by atoms with Crippen molar-refractivity contribution >= 4 is 99.7 Å². The quantitative estimate of drug-likeness (QED) is 0.0109. The van der Waals surface area contributed by atoms with Crippen molar-refractivity contribution in [2.24, 2.45) is 17.6 Å². The molecule has 12 heterocycles. The van der Waals surface area contributed by atoms with Crippen LogP contribution < -0.4 is 29.9 Å². The number of aryl methyl sites for hydroxylation is 9. The van der Waals surface area contributed by atoms with Crippen LogP contribution in [-0.2, 0) is 127 Å². The van der Waals surface area contributed by atoms with Crippen LogP contribution in [0.15, 0.2) is 179 Å². The van der Waals surface area contributed by atoms with Crippen LogP contribution >= 0.6 is 22.6 Å². The molecule has 2 aromatic carbocycles. The molecule has 724 valence electrons. The van der Waals surface area contributed by atoms with E-state index in [9.17, 15) is 36.0 Å². The third-order valence-corrected chi connectivity index (χ3v) is 29.0. The normalized spacial score (nSPS) is 13.8. The number of halogens is 1. The number of unbranched alkanes of at least 4 members (excludes halogenated alkanes) is 4. The predicted molar refractivity (Wildman–Crippen MR) is 520 cm³/mol. The molecule has 4 saturated carbocycles. The van der Waals surface area contributed by atoms with Crippen molar-refractivity contribution in [1.82, 2.24) is 124 Å². The van der Waals surface area contributed by atoms with Crippen LogP contribution in [0.5, 0.6) is 0 Å². The van der Waals surface area contributed by atoms with Gasteiger partial charge in [0.05, 0.1) is 107 Å². The predicted octanol–water partition coefficient (Wildman–Crippen LogP) is 10.8. The monoisotopic (exact) mass is 2090 g/mol. The first-order chi connectivity index (χ1) is 65.5. The molecule has 0 spiro atoms. The fourth-order valence-electron chi connectivity index (χ4n) is 16.6. The first-order valence-corrected chi connectivity index (χ1v) is 49.4. The number of hydrogen-bond acceptors (Lipinski definition) is 30. The second-order valence-corrected chi connectivity index (χ2v) is 38.9. The zero-order valence-electron chi connectivity index (χ0n) is 79.8. The number of nitrogens with one attached hydrogen (secondary N) is 1. The number of rotatable bonds is 35. The summed E-state index contributed by atoms with van der Waals surface area (Å²) in [6.45, 7) is 9.90. The van der Waals surface area contributed by atoms with Gasteiger partial charge in [-0.3, -0.25) is 33.5 Å². The Kier molecular flexibility index (Phi) is 38.5. The zero-order chi connectivity index (χ0) is 94.3. The molecule has 6 aliphatic carbocycles. The molecule has 0 saturated heterocycles. The number of allylic oxidation sites excluding steroid dienone is 4. The molecule has 38 nitrogen and oxygen atoms in total. The third kappa shape index (κ3) is 26.7. The van der Waals surface area contributed by atoms with Crippen molar-refractivity contribution < 1.29 is 94.4 Å². The fourth-order valence-corrected chi connectivity index (χ4v) is 21.1. The molecule has 140 heavy (non-hydrogen) atoms. The third-order valence-electron chi connectivity index (χ3n) is 24.4. The number of nitrogens with zero attached hydrogens (tertiary/aromatic N) is 24. The number of carbonyl (C=O) groups excluding carboxylic acids is 3. The molecule has 6 aliphatic rings. The number of methoxy groups -OCH3 is 2. The van der Waals surface area contributed by atoms with E-state index in [0.717, 1.165) is 191 Å². The Morgan fingerprint density at radius 1 is 0.450 bits per heavy atom. The van der Waals surface area contributed by atoms with E-state index in [1.54, 1.807) is 122 Å². The maximum Gasteiger partial charge on any atom is 2.00 e. The summed E-state index contributed by atoms with van der Waals surface area (Å²) in [4.78, 5) is 54.7. The number of carboxylic acid groups (broad SMARTS) is 1. The van der Waals surface area contributed by atoms with Crippen LogP contribution in [0.3, 0.4) is 0 Å². The Morgan fingerprint density at radius 3 is 1.21 bits per heavy atom. The van der Waals surface area contributed by atoms with Gasteiger partial charge in [0.2, 0.25) is 0 Å². The number of carboxylic acids is 1. The molecule has 0 aliphatic heterocycles. The smallest absolute Gasteiger partial charge is 0.870 e. The van der Waals surface area contributed by atoms with Gasteiger partial charge in [-0.2, -0.15) is 30.6 Å². The van der Waals surface area contributed by atoms with Gasteiger partial charge in [-0.15, -0.1) is 30.6 Å². The molecule has 43 heteroatoms. The summed E-state index contributed by atoms with van der Waals surface area (Å²) in [6, 6.07) is 36.6. The fraction of sp³-hybridized carbons (Fsp3) is 0.381. The van der Waals surface area contributed by atoms with Crippen LogP contribution in [0.4, 0.5) is 0 Å². The number of aromatic nitrogens is 24. The second kappa shape index (κ2) is 49.8. The zero-order valence-corrected chi connectivity index (χ0v) is 86.6. The van der Waals surface area contributed by atoms with Crippen LogP contribution in [-0.4, -0.2) is 184 Å². The van der Waals surface area contributed by atoms with Crippen LogP contribution in [0.1, 0.15) is 244 Å². The van der Waals surface area contributed by atoms with E-state index in [1.807, 2.05) is 55.5 Å². The largest absolute Gasteiger partial charge is 2.00 e. The molecule has 0 radical (unpaired) electrons. The molecule has 0 unspecified atom stereocenters. The van der Waals surface area contributed by atoms with Crippen molar-refractivity contribution in [1.29, 1.82) is 0 Å². The Bertz CT molecular complexity index is 6700. The van der Waals surface area contributed by atoms with Crippen molar-refractivity contribution in [3.8, 4) is 0 Å². The van der Waals surface area contributed by atoms with Gasteiger partial charge in [-0.05, 0) is 273 Å². The molecule has 12 aromatic heterocycles. The summed E-state index contributed by atoms with van der Waals surface area (Å²) in [5.41, 5.74) is 25.6. The van der Waals surface area contributed by atoms with E-state index in [2.05, 4.69) is 155 Å². The summed E-state index contributed by atoms with van der Waals surface area (Å²) >= 11 is 2.24. The number of pyridine rings is 2. The second-order valence-electron chi connectivity index (χ2n) is 34.3. The van der Waals surface area contributed by atoms with Crippen molar-refractivity contribution in [3.63, 3.8) is 0 Å². The average molecular weight is 2100 g/mol. The minimum absolute atomic E-state index is 0. The number of aromatic carboxylic acids is 1. The number of nitrogens with two attached hydrogens (primary N) is 1. The summed E-state index contributed by atoms with van der Waals surface area (Å²) in [5, 5.41) is 79.6. The number of ether oxygens (including phenoxy) is 2. The number of hydrogen-bond donors (Lipinski definition) is 3. The van der Waals surface area contributed by atoms with Gasteiger partial charge in [-0.25, -0.2) is 39.2 Å². The molecule has 5 N–H and O–H groups in total. The number of carbonyl (C=O) groups is 4. The van der Waals surface area contributed by atoms with Gasteiger partial charge in [-0.1, -0.05) is 80.5 Å². The molecule has 4 fully saturated rings. The van der Waals surface area contributed by atoms with Crippen LogP contribution in [0.2, 0.25) is 0 Å². The molecule has 0 bridgehead atoms. The van der Waals surface area contributed by atoms with Crippen molar-refractivity contribution in [2.75, 3.05) is 14.2 Å². The van der Waals surface area contributed by atoms with Crippen molar-refractivity contribution in [2.45, 2.75) is 223 Å². The molecule has 0 atom stereocenters. The van der Waals surface area contributed by atoms with Gasteiger partial charge in [0.15, 0.2) is 34.1 Å². The SMILES string of the molecule is CC1=C(C2CC2)Cc2nnc(CCCCn3cc(C(=O)NCc4ccccn4)nn3)cc21.CC1=C(C2CC2)Cc2nnc(CCCCn3cc(C(=O)O)nn3)cc21.COC(=O)c1cn(CCCCc2cc3c(C)c(C4CC4)n(S(=O)(=O)c4ccccc4)c3nn2)nn1.COC(=O)c1cn(CCCCc2cc3c(I)c(C4CC4)n(S(=O)(=O)c4ccccc4)c3nn2)nn1.NCc1ccccn1.[CH3-].[CH3-].[Li+].[OH-].[Zn+2]. The number of benzene rings is 2. The van der Waals surface area contributed by atoms with Gasteiger partial charge >= 0.3 is 56.2 Å². The van der Waals surface area contributed by atoms with E-state index in [-0.39, 0.29) is 103 Å². The summed E-state index contributed by atoms with van der Waals surface area (Å²) in [7, 11) is -4.97. The summed E-state index contributed by atoms with van der Waals surface area (Å²) < 4.78 is 73.8. The van der Waals surface area contributed by atoms with E-state index < -0.39 is 38.0 Å². The van der Waals surface area contributed by atoms with E-state index in [4.69, 9.17) is 10.8 Å². The van der Waals surface area contributed by atoms with Gasteiger partial charge in [0.1, 0.15) is 0 Å². The maximum absolute atomic E-state index is 13.6. The number of amides is 1. The maximum atomic E-state index is 13.6. The minimum atomic E-state index is -3.79. The van der Waals surface area contributed by atoms with E-state index in [0.29, 0.717) is 69.1 Å². The van der Waals surface area contributed by atoms with E-state index >= 15 is 0 Å². The Labute approximate surface area is 850 Å². The Balaban J connectivity index is 0.000000173. The topological polar surface area (TPSA) is 505 Å². The number of esters is 2. The first-order valence-electron chi connectivity index (χ1n) is 45.5. The Hall–Kier alpha value is -12.2. The molecular formula is C97H112ILiN26O12S2Zn. The van der Waals surface area contributed by atoms with Gasteiger partial charge in [0.25, 0.3) is 26.0 Å². The van der Waals surface area contributed by atoms with E-state index in [1.165, 1.54) is 76.3 Å². The van der Waals surface area contributed by atoms with Crippen LogP contribution in [0, 0.1) is 37.2 Å². The average Bonchev–Trinajstić information content (AvgIpc) is 1.57. The molecule has 20 rings (SSSR count). The summed E-state index contributed by atoms with van der Waals surface area (Å²) in [6.07, 6.45) is 31.0. The number of fused-ring (bicyclic) bond motifs is 4. The van der Waals surface area contributed by atoms with Gasteiger partial charge in [0, 0.05) is 101 Å². The van der Waals surface area contributed by atoms with Gasteiger partial charge < -0.3 is 46.0 Å². The molecular weight excluding hydrogens is 1980 g/mol. The molecule has 1 amide bonds. The van der Waals surface area contributed by atoms with Crippen molar-refractivity contribution in [3.05, 3.63) is 284 Å². The summed E-state index contributed by atoms with van der Waals surface area (Å²) in [5.74, 6) is -0.297. The minimum Gasteiger partial charge on any atom is -0.870 e. The first kappa shape index (κ1) is 108.